The Morgan fingerprint density at radius 3 is 2.24 bits per heavy atom. The zero-order chi connectivity index (χ0) is 13.7. The Morgan fingerprint density at radius 2 is 1.94 bits per heavy atom. The van der Waals surface area contributed by atoms with Gasteiger partial charge in [-0.05, 0) is 19.4 Å². The second kappa shape index (κ2) is 13.8. The third-order valence-corrected chi connectivity index (χ3v) is 2.81. The van der Waals surface area contributed by atoms with Gasteiger partial charge in [-0.1, -0.05) is 31.9 Å². The molecule has 0 fully saturated rings. The molecule has 4 N–H and O–H groups in total. The van der Waals surface area contributed by atoms with Gasteiger partial charge in [-0.15, -0.1) is 0 Å². The van der Waals surface area contributed by atoms with Crippen molar-refractivity contribution in [1.29, 1.82) is 0 Å². The normalized spacial score (nSPS) is 15.4. The first-order chi connectivity index (χ1) is 8.03. The number of quaternary nitrogens is 1. The van der Waals surface area contributed by atoms with E-state index in [1.807, 2.05) is 6.92 Å². The predicted molar refractivity (Wildman–Crippen MR) is 69.1 cm³/mol. The maximum atomic E-state index is 10.4. The van der Waals surface area contributed by atoms with E-state index in [0.29, 0.717) is 0 Å². The molecular weight excluding hydrogens is 240 g/mol. The molecule has 0 amide bonds. The number of carbonyl (C=O) groups excluding carboxylic acids is 1. The molecule has 0 heterocycles. The highest BCUT2D eigenvalue weighted by atomic mass is 32.2. The maximum absolute atomic E-state index is 10.4. The molecule has 0 aliphatic rings. The van der Waals surface area contributed by atoms with Crippen LogP contribution >= 0.6 is 0 Å². The highest BCUT2D eigenvalue weighted by Crippen LogP contribution is 2.01. The molecule has 0 radical (unpaired) electrons. The lowest BCUT2D eigenvalue weighted by atomic mass is 10.1. The lowest BCUT2D eigenvalue weighted by Gasteiger charge is -2.22. The molecule has 104 valence electrons. The van der Waals surface area contributed by atoms with Crippen LogP contribution in [0.3, 0.4) is 0 Å². The summed E-state index contributed by atoms with van der Waals surface area (Å²) < 4.78 is 20.9. The lowest BCUT2D eigenvalue weighted by Crippen LogP contribution is -2.49. The fourth-order valence-corrected chi connectivity index (χ4v) is 1.68. The number of nitrogens with one attached hydrogen (secondary N) is 1. The standard InChI is InChI=1S/C8H17NO3S.C3H9N/c1-3-4-9-8(6-13(11)12)7(2)5-10;1-2-3-4/h5,7-9H,3-4,6H2,1-2H3,(H,11,12);2-4H2,1H3. The summed E-state index contributed by atoms with van der Waals surface area (Å²) >= 11 is -2.09. The Kier molecular flexibility index (Phi) is 15.4. The van der Waals surface area contributed by atoms with Gasteiger partial charge in [0, 0.05) is 17.7 Å². The van der Waals surface area contributed by atoms with E-state index in [9.17, 15) is 13.6 Å². The molecule has 0 saturated carbocycles. The summed E-state index contributed by atoms with van der Waals surface area (Å²) in [6.45, 7) is 7.63. The van der Waals surface area contributed by atoms with E-state index in [0.717, 1.165) is 25.8 Å². The Morgan fingerprint density at radius 1 is 1.41 bits per heavy atom. The van der Waals surface area contributed by atoms with Gasteiger partial charge in [0.15, 0.2) is 0 Å². The van der Waals surface area contributed by atoms with Crippen molar-refractivity contribution < 1.29 is 19.3 Å². The van der Waals surface area contributed by atoms with Crippen molar-refractivity contribution in [3.63, 3.8) is 0 Å². The van der Waals surface area contributed by atoms with Crippen molar-refractivity contribution in [1.82, 2.24) is 5.32 Å². The molecule has 0 aliphatic carbocycles. The summed E-state index contributed by atoms with van der Waals surface area (Å²) in [5, 5.41) is 3.03. The van der Waals surface area contributed by atoms with Gasteiger partial charge in [0.2, 0.25) is 0 Å². The monoisotopic (exact) mass is 266 g/mol. The number of hydrogen-bond acceptors (Lipinski definition) is 4. The third kappa shape index (κ3) is 13.6. The molecule has 5 nitrogen and oxygen atoms in total. The van der Waals surface area contributed by atoms with Crippen LogP contribution in [0.2, 0.25) is 0 Å². The molecule has 0 saturated heterocycles. The van der Waals surface area contributed by atoms with Crippen LogP contribution in [0.4, 0.5) is 0 Å². The Bertz CT molecular complexity index is 201. The quantitative estimate of drug-likeness (QED) is 0.466. The van der Waals surface area contributed by atoms with Crippen LogP contribution in [0.15, 0.2) is 0 Å². The average Bonchev–Trinajstić information content (AvgIpc) is 2.33. The van der Waals surface area contributed by atoms with Crippen molar-refractivity contribution in [3.8, 4) is 0 Å². The first-order valence-electron chi connectivity index (χ1n) is 6.07. The molecule has 0 aromatic heterocycles. The number of carbonyl (C=O) groups is 1. The van der Waals surface area contributed by atoms with Crippen molar-refractivity contribution >= 4 is 17.4 Å². The minimum Gasteiger partial charge on any atom is -0.772 e. The molecule has 0 spiro atoms. The first-order valence-corrected chi connectivity index (χ1v) is 7.31. The number of aldehydes is 1. The smallest absolute Gasteiger partial charge is 0.124 e. The maximum Gasteiger partial charge on any atom is 0.124 e. The summed E-state index contributed by atoms with van der Waals surface area (Å²) in [5.74, 6) is -0.260. The van der Waals surface area contributed by atoms with Crippen molar-refractivity contribution in [2.24, 2.45) is 5.92 Å². The largest absolute Gasteiger partial charge is 0.772 e. The number of hydrogen-bond donors (Lipinski definition) is 2. The average molecular weight is 266 g/mol. The summed E-state index contributed by atoms with van der Waals surface area (Å²) in [5.41, 5.74) is 3.60. The van der Waals surface area contributed by atoms with E-state index in [2.05, 4.69) is 18.0 Å². The van der Waals surface area contributed by atoms with Crippen LogP contribution in [-0.2, 0) is 15.9 Å². The first kappa shape index (κ1) is 19.0. The third-order valence-electron chi connectivity index (χ3n) is 2.18. The zero-order valence-corrected chi connectivity index (χ0v) is 11.9. The summed E-state index contributed by atoms with van der Waals surface area (Å²) in [6, 6.07) is -0.254. The van der Waals surface area contributed by atoms with Gasteiger partial charge in [-0.25, -0.2) is 0 Å². The topological polar surface area (TPSA) is 96.9 Å². The molecule has 17 heavy (non-hydrogen) atoms. The summed E-state index contributed by atoms with van der Waals surface area (Å²) in [4.78, 5) is 10.4. The molecule has 0 rings (SSSR count). The molecule has 0 aliphatic heterocycles. The highest BCUT2D eigenvalue weighted by molar-refractivity contribution is 7.79. The van der Waals surface area contributed by atoms with Crippen LogP contribution in [0.25, 0.3) is 0 Å². The molecule has 3 unspecified atom stereocenters. The van der Waals surface area contributed by atoms with E-state index >= 15 is 0 Å². The van der Waals surface area contributed by atoms with Crippen LogP contribution in [-0.4, -0.2) is 39.9 Å². The molecule has 0 bridgehead atoms. The minimum atomic E-state index is -2.09. The van der Waals surface area contributed by atoms with Crippen LogP contribution in [0, 0.1) is 5.92 Å². The van der Waals surface area contributed by atoms with Gasteiger partial charge in [0.25, 0.3) is 0 Å². The second-order valence-electron chi connectivity index (χ2n) is 3.88. The van der Waals surface area contributed by atoms with Crippen LogP contribution < -0.4 is 11.1 Å². The molecule has 0 aromatic carbocycles. The van der Waals surface area contributed by atoms with E-state index in [1.165, 1.54) is 6.42 Å². The molecule has 6 heteroatoms. The SMILES string of the molecule is CCCNC(CS(=O)[O-])C(C)C=O.CCC[NH3+]. The lowest BCUT2D eigenvalue weighted by molar-refractivity contribution is -0.367. The Balaban J connectivity index is 0. The van der Waals surface area contributed by atoms with Gasteiger partial charge in [-0.2, -0.15) is 0 Å². The molecular formula is C11H26N2O3S. The van der Waals surface area contributed by atoms with Gasteiger partial charge < -0.3 is 20.4 Å². The summed E-state index contributed by atoms with van der Waals surface area (Å²) in [7, 11) is 0. The summed E-state index contributed by atoms with van der Waals surface area (Å²) in [6.07, 6.45) is 2.91. The fourth-order valence-electron chi connectivity index (χ4n) is 0.968. The Labute approximate surface area is 107 Å². The Hall–Kier alpha value is -0.300. The van der Waals surface area contributed by atoms with Crippen LogP contribution in [0.1, 0.15) is 33.6 Å². The minimum absolute atomic E-state index is 0.0000926. The van der Waals surface area contributed by atoms with Gasteiger partial charge >= 0.3 is 0 Å². The molecule has 3 atom stereocenters. The second-order valence-corrected chi connectivity index (χ2v) is 4.82. The van der Waals surface area contributed by atoms with E-state index in [1.54, 1.807) is 6.92 Å². The highest BCUT2D eigenvalue weighted by Gasteiger charge is 2.15. The van der Waals surface area contributed by atoms with E-state index < -0.39 is 11.1 Å². The van der Waals surface area contributed by atoms with Crippen molar-refractivity contribution in [3.05, 3.63) is 0 Å². The van der Waals surface area contributed by atoms with Gasteiger partial charge in [0.05, 0.1) is 6.54 Å². The van der Waals surface area contributed by atoms with Gasteiger partial charge in [0.1, 0.15) is 6.29 Å². The predicted octanol–water partition coefficient (Wildman–Crippen LogP) is -0.293. The van der Waals surface area contributed by atoms with E-state index in [-0.39, 0.29) is 17.7 Å². The molecule has 0 aromatic rings. The van der Waals surface area contributed by atoms with Crippen molar-refractivity contribution in [2.45, 2.75) is 39.7 Å². The van der Waals surface area contributed by atoms with Crippen molar-refractivity contribution in [2.75, 3.05) is 18.8 Å². The number of rotatable bonds is 8. The van der Waals surface area contributed by atoms with Gasteiger partial charge in [-0.3, -0.25) is 4.21 Å². The zero-order valence-electron chi connectivity index (χ0n) is 11.1. The fraction of sp³-hybridized carbons (Fsp3) is 0.909. The van der Waals surface area contributed by atoms with Crippen LogP contribution in [0.5, 0.6) is 0 Å². The van der Waals surface area contributed by atoms with E-state index in [4.69, 9.17) is 0 Å².